The monoisotopic (exact) mass is 507 g/mol. The third kappa shape index (κ3) is 9.26. The number of carbonyl (C=O) groups excluding carboxylic acids is 4. The molecule has 0 fully saturated rings. The molecule has 1 aromatic rings. The van der Waals surface area contributed by atoms with Crippen molar-refractivity contribution in [2.24, 2.45) is 16.6 Å². The normalized spacial score (nSPS) is 13.4. The van der Waals surface area contributed by atoms with Gasteiger partial charge in [-0.2, -0.15) is 0 Å². The number of esters is 4. The average Bonchev–Trinajstić information content (AvgIpc) is 2.83. The summed E-state index contributed by atoms with van der Waals surface area (Å²) >= 11 is 0. The molecule has 0 heterocycles. The first-order valence-electron chi connectivity index (χ1n) is 12.4. The predicted octanol–water partition coefficient (Wildman–Crippen LogP) is 4.12. The van der Waals surface area contributed by atoms with Crippen LogP contribution in [0.4, 0.5) is 0 Å². The number of hydrogen-bond donors (Lipinski definition) is 1. The predicted molar refractivity (Wildman–Crippen MR) is 134 cm³/mol. The fourth-order valence-corrected chi connectivity index (χ4v) is 2.59. The molecule has 9 nitrogen and oxygen atoms in total. The first-order valence-corrected chi connectivity index (χ1v) is 12.4. The van der Waals surface area contributed by atoms with Gasteiger partial charge in [0.2, 0.25) is 0 Å². The highest BCUT2D eigenvalue weighted by molar-refractivity contribution is 5.81. The minimum absolute atomic E-state index is 0.0694. The number of rotatable bonds is 13. The molecule has 0 spiro atoms. The molecule has 2 atom stereocenters. The largest absolute Gasteiger partial charge is 0.461 e. The van der Waals surface area contributed by atoms with Crippen molar-refractivity contribution >= 4 is 23.9 Å². The summed E-state index contributed by atoms with van der Waals surface area (Å²) in [7, 11) is 0. The maximum absolute atomic E-state index is 12.7. The van der Waals surface area contributed by atoms with Gasteiger partial charge in [0.1, 0.15) is 18.8 Å². The second-order valence-corrected chi connectivity index (χ2v) is 10.1. The summed E-state index contributed by atoms with van der Waals surface area (Å²) in [5, 5.41) is 0. The quantitative estimate of drug-likeness (QED) is 0.309. The first kappa shape index (κ1) is 31.1. The Labute approximate surface area is 214 Å². The van der Waals surface area contributed by atoms with E-state index in [1.165, 1.54) is 12.1 Å². The Morgan fingerprint density at radius 3 is 1.92 bits per heavy atom. The highest BCUT2D eigenvalue weighted by Crippen LogP contribution is 2.34. The Hall–Kier alpha value is -2.94. The van der Waals surface area contributed by atoms with Crippen LogP contribution in [-0.2, 0) is 35.1 Å². The van der Waals surface area contributed by atoms with Crippen molar-refractivity contribution in [3.05, 3.63) is 23.8 Å². The molecule has 0 saturated heterocycles. The van der Waals surface area contributed by atoms with Gasteiger partial charge in [-0.25, -0.2) is 0 Å². The lowest BCUT2D eigenvalue weighted by Crippen LogP contribution is -2.36. The Morgan fingerprint density at radius 1 is 0.889 bits per heavy atom. The van der Waals surface area contributed by atoms with E-state index in [2.05, 4.69) is 0 Å². The number of nitrogens with two attached hydrogens (primary N) is 1. The van der Waals surface area contributed by atoms with Gasteiger partial charge in [-0.3, -0.25) is 19.2 Å². The lowest BCUT2D eigenvalue weighted by Gasteiger charge is -2.23. The summed E-state index contributed by atoms with van der Waals surface area (Å²) in [4.78, 5) is 49.1. The van der Waals surface area contributed by atoms with Crippen molar-refractivity contribution in [3.63, 3.8) is 0 Å². The van der Waals surface area contributed by atoms with E-state index < -0.39 is 40.9 Å². The van der Waals surface area contributed by atoms with Crippen LogP contribution in [0, 0.1) is 10.8 Å². The summed E-state index contributed by atoms with van der Waals surface area (Å²) in [5.74, 6) is -1.82. The van der Waals surface area contributed by atoms with Crippen LogP contribution in [0.1, 0.15) is 80.2 Å². The second kappa shape index (κ2) is 13.4. The third-order valence-corrected chi connectivity index (χ3v) is 6.13. The van der Waals surface area contributed by atoms with Gasteiger partial charge in [-0.15, -0.1) is 0 Å². The van der Waals surface area contributed by atoms with E-state index in [0.29, 0.717) is 18.4 Å². The van der Waals surface area contributed by atoms with Crippen LogP contribution in [0.3, 0.4) is 0 Å². The average molecular weight is 508 g/mol. The number of benzene rings is 1. The van der Waals surface area contributed by atoms with E-state index in [-0.39, 0.29) is 36.9 Å². The van der Waals surface area contributed by atoms with E-state index in [4.69, 9.17) is 24.7 Å². The maximum Gasteiger partial charge on any atom is 0.323 e. The summed E-state index contributed by atoms with van der Waals surface area (Å²) in [6.45, 7) is 14.0. The molecule has 1 rings (SSSR count). The van der Waals surface area contributed by atoms with Gasteiger partial charge < -0.3 is 24.7 Å². The van der Waals surface area contributed by atoms with Crippen molar-refractivity contribution in [3.8, 4) is 11.5 Å². The van der Waals surface area contributed by atoms with Crippen molar-refractivity contribution in [2.45, 2.75) is 93.2 Å². The zero-order chi connectivity index (χ0) is 27.7. The number of ether oxygens (including phenoxy) is 4. The molecular weight excluding hydrogens is 466 g/mol. The van der Waals surface area contributed by atoms with Crippen molar-refractivity contribution in [1.82, 2.24) is 0 Å². The summed E-state index contributed by atoms with van der Waals surface area (Å²) in [5.41, 5.74) is 5.13. The van der Waals surface area contributed by atoms with Crippen LogP contribution < -0.4 is 15.2 Å². The highest BCUT2D eigenvalue weighted by Gasteiger charge is 2.31. The third-order valence-electron chi connectivity index (χ3n) is 6.13. The van der Waals surface area contributed by atoms with Crippen LogP contribution in [0.2, 0.25) is 0 Å². The minimum Gasteiger partial charge on any atom is -0.461 e. The molecule has 1 aromatic carbocycles. The van der Waals surface area contributed by atoms with E-state index in [1.807, 2.05) is 13.8 Å². The van der Waals surface area contributed by atoms with Gasteiger partial charge in [0.25, 0.3) is 0 Å². The Kier molecular flexibility index (Phi) is 11.6. The molecule has 0 bridgehead atoms. The molecule has 0 aliphatic carbocycles. The first-order chi connectivity index (χ1) is 16.7. The molecule has 9 heteroatoms. The van der Waals surface area contributed by atoms with Crippen LogP contribution in [0.15, 0.2) is 18.2 Å². The molecular formula is C27H41NO8. The summed E-state index contributed by atoms with van der Waals surface area (Å²) in [6.07, 6.45) is 0.823. The van der Waals surface area contributed by atoms with Gasteiger partial charge in [0, 0.05) is 6.42 Å². The molecule has 0 unspecified atom stereocenters. The molecule has 202 valence electrons. The van der Waals surface area contributed by atoms with Crippen LogP contribution in [0.5, 0.6) is 11.5 Å². The fourth-order valence-electron chi connectivity index (χ4n) is 2.59. The molecule has 0 aliphatic heterocycles. The topological polar surface area (TPSA) is 131 Å². The zero-order valence-corrected chi connectivity index (χ0v) is 22.8. The smallest absolute Gasteiger partial charge is 0.323 e. The van der Waals surface area contributed by atoms with Gasteiger partial charge in [-0.1, -0.05) is 26.8 Å². The van der Waals surface area contributed by atoms with Crippen molar-refractivity contribution < 1.29 is 38.1 Å². The molecule has 0 aliphatic rings. The standard InChI is InChI=1S/C27H41NO8/c1-9-22(29)34-17(4)16-33-23(30)19(28)14-18-12-13-20(35-24(31)26(5,6)10-2)21(15-18)36-25(32)27(7,8)11-3/h12-13,15,17,19H,9-11,14,16,28H2,1-8H3/t17-,19-/m0/s1. The second-order valence-electron chi connectivity index (χ2n) is 10.1. The van der Waals surface area contributed by atoms with E-state index in [1.54, 1.807) is 47.6 Å². The molecule has 0 amide bonds. The van der Waals surface area contributed by atoms with E-state index in [9.17, 15) is 19.2 Å². The number of carbonyl (C=O) groups is 4. The van der Waals surface area contributed by atoms with Crippen LogP contribution >= 0.6 is 0 Å². The molecule has 36 heavy (non-hydrogen) atoms. The molecule has 0 aromatic heterocycles. The lowest BCUT2D eigenvalue weighted by atomic mass is 9.90. The van der Waals surface area contributed by atoms with Crippen LogP contribution in [0.25, 0.3) is 0 Å². The molecule has 0 radical (unpaired) electrons. The summed E-state index contributed by atoms with van der Waals surface area (Å²) in [6, 6.07) is 3.68. The molecule has 2 N–H and O–H groups in total. The molecule has 0 saturated carbocycles. The van der Waals surface area contributed by atoms with E-state index >= 15 is 0 Å². The zero-order valence-electron chi connectivity index (χ0n) is 22.8. The van der Waals surface area contributed by atoms with Gasteiger partial charge in [-0.05, 0) is 71.6 Å². The number of hydrogen-bond acceptors (Lipinski definition) is 9. The Balaban J connectivity index is 3.05. The maximum atomic E-state index is 12.7. The summed E-state index contributed by atoms with van der Waals surface area (Å²) < 4.78 is 21.5. The van der Waals surface area contributed by atoms with Crippen LogP contribution in [-0.4, -0.2) is 42.6 Å². The fraction of sp³-hybridized carbons (Fsp3) is 0.630. The van der Waals surface area contributed by atoms with Gasteiger partial charge in [0.15, 0.2) is 11.5 Å². The SMILES string of the molecule is CCC(=O)O[C@@H](C)COC(=O)[C@@H](N)Cc1ccc(OC(=O)C(C)(C)CC)c(OC(=O)C(C)(C)CC)c1. The van der Waals surface area contributed by atoms with Gasteiger partial charge >= 0.3 is 23.9 Å². The Bertz CT molecular complexity index is 938. The highest BCUT2D eigenvalue weighted by atomic mass is 16.6. The van der Waals surface area contributed by atoms with Crippen molar-refractivity contribution in [2.75, 3.05) is 6.61 Å². The van der Waals surface area contributed by atoms with E-state index in [0.717, 1.165) is 0 Å². The van der Waals surface area contributed by atoms with Crippen molar-refractivity contribution in [1.29, 1.82) is 0 Å². The lowest BCUT2D eigenvalue weighted by molar-refractivity contribution is -0.158. The minimum atomic E-state index is -1.01. The van der Waals surface area contributed by atoms with Gasteiger partial charge in [0.05, 0.1) is 10.8 Å². The Morgan fingerprint density at radius 2 is 1.42 bits per heavy atom.